The Morgan fingerprint density at radius 3 is 2.31 bits per heavy atom. The van der Waals surface area contributed by atoms with Crippen molar-refractivity contribution in [3.63, 3.8) is 0 Å². The summed E-state index contributed by atoms with van der Waals surface area (Å²) >= 11 is 12.4. The molecule has 0 bridgehead atoms. The van der Waals surface area contributed by atoms with E-state index >= 15 is 0 Å². The van der Waals surface area contributed by atoms with Crippen LogP contribution in [-0.2, 0) is 12.2 Å². The smallest absolute Gasteiger partial charge is 0.349 e. The molecule has 4 aromatic rings. The van der Waals surface area contributed by atoms with Crippen LogP contribution in [0.15, 0.2) is 36.5 Å². The minimum absolute atomic E-state index is 0.00658. The lowest BCUT2D eigenvalue weighted by atomic mass is 10.1. The second kappa shape index (κ2) is 11.6. The molecule has 3 heterocycles. The molecule has 0 unspecified atom stereocenters. The van der Waals surface area contributed by atoms with Gasteiger partial charge < -0.3 is 10.6 Å². The molecule has 0 aliphatic heterocycles. The largest absolute Gasteiger partial charge is 0.439 e. The quantitative estimate of drug-likeness (QED) is 0.240. The molecular weight excluding hydrogens is 662 g/mol. The minimum atomic E-state index is -6.45. The van der Waals surface area contributed by atoms with Gasteiger partial charge in [-0.15, -0.1) is 10.2 Å². The number of halogens is 9. The molecule has 20 heteroatoms. The number of tetrazole rings is 1. The predicted octanol–water partition coefficient (Wildman–Crippen LogP) is 5.35. The number of carbonyl (C=O) groups is 2. The van der Waals surface area contributed by atoms with E-state index in [1.54, 1.807) is 6.92 Å². The van der Waals surface area contributed by atoms with Crippen LogP contribution in [-0.4, -0.2) is 65.2 Å². The summed E-state index contributed by atoms with van der Waals surface area (Å²) in [4.78, 5) is 30.9. The summed E-state index contributed by atoms with van der Waals surface area (Å²) in [6.45, 7) is 0.833. The number of aromatic nitrogens is 7. The summed E-state index contributed by atoms with van der Waals surface area (Å²) in [6, 6.07) is 6.83. The second-order valence-electron chi connectivity index (χ2n) is 9.89. The van der Waals surface area contributed by atoms with Crippen LogP contribution in [0.2, 0.25) is 10.0 Å². The van der Waals surface area contributed by atoms with Gasteiger partial charge in [0.1, 0.15) is 12.2 Å². The molecule has 0 saturated heterocycles. The number of hydrogen-bond acceptors (Lipinski definition) is 7. The molecule has 1 aliphatic rings. The third kappa shape index (κ3) is 6.28. The van der Waals surface area contributed by atoms with Crippen LogP contribution in [0.1, 0.15) is 50.8 Å². The maximum Gasteiger partial charge on any atom is 0.439 e. The van der Waals surface area contributed by atoms with Gasteiger partial charge in [-0.25, -0.2) is 14.1 Å². The van der Waals surface area contributed by atoms with Crippen molar-refractivity contribution in [2.75, 3.05) is 5.32 Å². The summed E-state index contributed by atoms with van der Waals surface area (Å²) in [7, 11) is 0. The van der Waals surface area contributed by atoms with E-state index < -0.39 is 42.2 Å². The fourth-order valence-electron chi connectivity index (χ4n) is 4.13. The zero-order valence-corrected chi connectivity index (χ0v) is 24.0. The number of nitrogens with zero attached hydrogens (tertiary/aromatic N) is 7. The first kappa shape index (κ1) is 32.1. The van der Waals surface area contributed by atoms with Crippen LogP contribution < -0.4 is 10.6 Å². The second-order valence-corrected chi connectivity index (χ2v) is 10.7. The Kier molecular flexibility index (Phi) is 8.24. The Labute approximate surface area is 257 Å². The van der Waals surface area contributed by atoms with E-state index in [-0.39, 0.29) is 49.3 Å². The minimum Gasteiger partial charge on any atom is -0.349 e. The SMILES string of the molecule is Cc1cc(Cl)cc(C(=O)NC2CC2)c1NC(=O)c1cc(Cn2nnc(C(F)(C(F)(F)F)C(F)(F)F)n2)nn1-c1ncccc1Cl. The van der Waals surface area contributed by atoms with E-state index in [4.69, 9.17) is 23.2 Å². The molecule has 1 aromatic carbocycles. The Bertz CT molecular complexity index is 1770. The highest BCUT2D eigenvalue weighted by molar-refractivity contribution is 6.32. The van der Waals surface area contributed by atoms with Gasteiger partial charge in [0.05, 0.1) is 22.0 Å². The number of aryl methyl sites for hydroxylation is 1. The summed E-state index contributed by atoms with van der Waals surface area (Å²) in [5.41, 5.74) is -5.80. The van der Waals surface area contributed by atoms with Crippen molar-refractivity contribution in [1.29, 1.82) is 0 Å². The third-order valence-corrected chi connectivity index (χ3v) is 6.99. The number of carbonyl (C=O) groups excluding carboxylic acids is 2. The summed E-state index contributed by atoms with van der Waals surface area (Å²) in [5, 5.41) is 18.5. The molecule has 238 valence electrons. The topological polar surface area (TPSA) is 133 Å². The lowest BCUT2D eigenvalue weighted by Gasteiger charge is -2.26. The predicted molar refractivity (Wildman–Crippen MR) is 143 cm³/mol. The van der Waals surface area contributed by atoms with E-state index in [1.807, 2.05) is 0 Å². The zero-order valence-electron chi connectivity index (χ0n) is 22.5. The lowest BCUT2D eigenvalue weighted by molar-refractivity contribution is -0.351. The zero-order chi connectivity index (χ0) is 32.9. The van der Waals surface area contributed by atoms with Crippen molar-refractivity contribution in [2.24, 2.45) is 0 Å². The van der Waals surface area contributed by atoms with Gasteiger partial charge >= 0.3 is 18.0 Å². The normalized spacial score (nSPS) is 14.0. The number of anilines is 1. The van der Waals surface area contributed by atoms with Crippen LogP contribution >= 0.6 is 23.2 Å². The van der Waals surface area contributed by atoms with Crippen LogP contribution in [0.4, 0.5) is 36.4 Å². The van der Waals surface area contributed by atoms with Crippen LogP contribution in [0.3, 0.4) is 0 Å². The number of hydrogen-bond donors (Lipinski definition) is 2. The van der Waals surface area contributed by atoms with Gasteiger partial charge in [0.15, 0.2) is 5.82 Å². The number of nitrogens with one attached hydrogen (secondary N) is 2. The van der Waals surface area contributed by atoms with Crippen molar-refractivity contribution in [2.45, 2.75) is 50.4 Å². The van der Waals surface area contributed by atoms with Crippen molar-refractivity contribution in [3.05, 3.63) is 74.9 Å². The molecule has 11 nitrogen and oxygen atoms in total. The average molecular weight is 680 g/mol. The van der Waals surface area contributed by atoms with Gasteiger partial charge in [0.25, 0.3) is 11.8 Å². The summed E-state index contributed by atoms with van der Waals surface area (Å²) in [5.74, 6) is -3.73. The molecule has 2 amide bonds. The highest BCUT2D eigenvalue weighted by atomic mass is 35.5. The first-order valence-corrected chi connectivity index (χ1v) is 13.5. The van der Waals surface area contributed by atoms with E-state index in [1.165, 1.54) is 30.5 Å². The Morgan fingerprint density at radius 1 is 1.00 bits per heavy atom. The van der Waals surface area contributed by atoms with Crippen molar-refractivity contribution >= 4 is 40.7 Å². The molecule has 3 aromatic heterocycles. The molecule has 1 saturated carbocycles. The highest BCUT2D eigenvalue weighted by Gasteiger charge is 2.76. The van der Waals surface area contributed by atoms with E-state index in [0.29, 0.717) is 5.56 Å². The maximum absolute atomic E-state index is 14.4. The number of alkyl halides is 7. The van der Waals surface area contributed by atoms with Gasteiger partial charge in [-0.3, -0.25) is 9.59 Å². The van der Waals surface area contributed by atoms with E-state index in [0.717, 1.165) is 23.6 Å². The molecule has 2 N–H and O–H groups in total. The van der Waals surface area contributed by atoms with E-state index in [9.17, 15) is 40.3 Å². The molecule has 45 heavy (non-hydrogen) atoms. The molecular formula is C25H18Cl2F7N9O2. The monoisotopic (exact) mass is 679 g/mol. The highest BCUT2D eigenvalue weighted by Crippen LogP contribution is 2.51. The lowest BCUT2D eigenvalue weighted by Crippen LogP contribution is -2.51. The van der Waals surface area contributed by atoms with Crippen molar-refractivity contribution < 1.29 is 40.3 Å². The number of pyridine rings is 1. The molecule has 0 spiro atoms. The van der Waals surface area contributed by atoms with Crippen molar-refractivity contribution in [3.8, 4) is 5.82 Å². The first-order chi connectivity index (χ1) is 21.0. The maximum atomic E-state index is 14.4. The molecule has 1 aliphatic carbocycles. The van der Waals surface area contributed by atoms with Crippen LogP contribution in [0.5, 0.6) is 0 Å². The molecule has 0 atom stereocenters. The standard InChI is InChI=1S/C25H18Cl2F7N9O2/c1-11-7-12(26)8-15(20(44)36-13-4-5-13)18(11)37-21(45)17-9-14(39-43(17)19-16(27)3-2-6-35-19)10-42-40-22(38-41-42)23(28,24(29,30)31)25(32,33)34/h2-3,6-9,13H,4-5,10H2,1H3,(H,36,44)(H,37,45). The molecule has 1 fully saturated rings. The first-order valence-electron chi connectivity index (χ1n) is 12.7. The Balaban J connectivity index is 1.51. The summed E-state index contributed by atoms with van der Waals surface area (Å²) < 4.78 is 94.2. The third-order valence-electron chi connectivity index (χ3n) is 6.47. The number of amides is 2. The van der Waals surface area contributed by atoms with Gasteiger partial charge in [0, 0.05) is 17.3 Å². The fourth-order valence-corrected chi connectivity index (χ4v) is 4.60. The van der Waals surface area contributed by atoms with Gasteiger partial charge in [-0.05, 0) is 60.9 Å². The van der Waals surface area contributed by atoms with Gasteiger partial charge in [-0.1, -0.05) is 23.2 Å². The fraction of sp³-hybridized carbons (Fsp3) is 0.320. The number of benzene rings is 1. The molecule has 0 radical (unpaired) electrons. The van der Waals surface area contributed by atoms with E-state index in [2.05, 4.69) is 36.1 Å². The number of rotatable bonds is 8. The molecule has 5 rings (SSSR count). The van der Waals surface area contributed by atoms with Gasteiger partial charge in [0.2, 0.25) is 5.82 Å². The average Bonchev–Trinajstić information content (AvgIpc) is 3.46. The van der Waals surface area contributed by atoms with Crippen LogP contribution in [0, 0.1) is 6.92 Å². The van der Waals surface area contributed by atoms with Crippen LogP contribution in [0.25, 0.3) is 5.82 Å². The summed E-state index contributed by atoms with van der Waals surface area (Å²) in [6.07, 6.45) is -10.00. The van der Waals surface area contributed by atoms with Crippen molar-refractivity contribution in [1.82, 2.24) is 40.3 Å². The Morgan fingerprint density at radius 2 is 1.69 bits per heavy atom. The Hall–Kier alpha value is -4.32. The van der Waals surface area contributed by atoms with Gasteiger partial charge in [-0.2, -0.15) is 36.2 Å².